The number of benzene rings is 2. The van der Waals surface area contributed by atoms with Crippen LogP contribution in [-0.4, -0.2) is 0 Å². The van der Waals surface area contributed by atoms with E-state index in [1.54, 1.807) is 0 Å². The molecule has 0 amide bonds. The van der Waals surface area contributed by atoms with E-state index < -0.39 is 0 Å². The second-order valence-corrected chi connectivity index (χ2v) is 5.06. The molecule has 0 atom stereocenters. The number of hydrogen-bond acceptors (Lipinski definition) is 2. The molecule has 100 valence electrons. The summed E-state index contributed by atoms with van der Waals surface area (Å²) >= 11 is 0. The van der Waals surface area contributed by atoms with Gasteiger partial charge in [0.1, 0.15) is 0 Å². The van der Waals surface area contributed by atoms with Crippen molar-refractivity contribution in [2.75, 3.05) is 11.5 Å². The van der Waals surface area contributed by atoms with Crippen molar-refractivity contribution in [1.82, 2.24) is 0 Å². The van der Waals surface area contributed by atoms with Crippen molar-refractivity contribution in [2.45, 2.75) is 32.6 Å². The maximum absolute atomic E-state index is 6.03. The van der Waals surface area contributed by atoms with Gasteiger partial charge < -0.3 is 11.5 Å². The quantitative estimate of drug-likeness (QED) is 0.798. The largest absolute Gasteiger partial charge is 0.399 e. The summed E-state index contributed by atoms with van der Waals surface area (Å²) in [4.78, 5) is 0. The highest BCUT2D eigenvalue weighted by Crippen LogP contribution is 2.19. The van der Waals surface area contributed by atoms with E-state index >= 15 is 0 Å². The Hall–Kier alpha value is -1.96. The molecule has 0 aliphatic carbocycles. The van der Waals surface area contributed by atoms with Crippen molar-refractivity contribution in [1.29, 1.82) is 0 Å². The number of nitrogens with two attached hydrogens (primary N) is 2. The Bertz CT molecular complexity index is 529. The second kappa shape index (κ2) is 6.28. The lowest BCUT2D eigenvalue weighted by molar-refractivity contribution is 0.795. The molecule has 0 aliphatic heterocycles. The van der Waals surface area contributed by atoms with Crippen molar-refractivity contribution in [3.63, 3.8) is 0 Å². The number of hydrogen-bond donors (Lipinski definition) is 2. The maximum Gasteiger partial charge on any atom is 0.0346 e. The number of aryl methyl sites for hydroxylation is 1. The topological polar surface area (TPSA) is 52.0 Å². The molecule has 0 aliphatic rings. The molecular formula is C17H22N2. The fourth-order valence-electron chi connectivity index (χ4n) is 2.22. The lowest BCUT2D eigenvalue weighted by Crippen LogP contribution is -1.97. The molecule has 0 fully saturated rings. The first-order chi connectivity index (χ1) is 9.19. The first-order valence-corrected chi connectivity index (χ1v) is 6.90. The van der Waals surface area contributed by atoms with E-state index in [-0.39, 0.29) is 0 Å². The van der Waals surface area contributed by atoms with Gasteiger partial charge in [-0.05, 0) is 54.2 Å². The number of anilines is 2. The van der Waals surface area contributed by atoms with Crippen LogP contribution >= 0.6 is 0 Å². The van der Waals surface area contributed by atoms with Gasteiger partial charge in [-0.1, -0.05) is 37.6 Å². The molecule has 0 heterocycles. The number of nitrogen functional groups attached to an aromatic ring is 2. The summed E-state index contributed by atoms with van der Waals surface area (Å²) in [6.45, 7) is 2.20. The van der Waals surface area contributed by atoms with Gasteiger partial charge in [0.15, 0.2) is 0 Å². The van der Waals surface area contributed by atoms with Crippen LogP contribution in [0.25, 0.3) is 0 Å². The Morgan fingerprint density at radius 2 is 1.58 bits per heavy atom. The highest BCUT2D eigenvalue weighted by atomic mass is 14.6. The molecule has 19 heavy (non-hydrogen) atoms. The van der Waals surface area contributed by atoms with Crippen LogP contribution in [0.4, 0.5) is 11.4 Å². The molecule has 4 N–H and O–H groups in total. The molecule has 2 rings (SSSR count). The first kappa shape index (κ1) is 13.5. The summed E-state index contributed by atoms with van der Waals surface area (Å²) in [6, 6.07) is 14.4. The Kier molecular flexibility index (Phi) is 4.45. The Balaban J connectivity index is 2.14. The summed E-state index contributed by atoms with van der Waals surface area (Å²) < 4.78 is 0. The Morgan fingerprint density at radius 1 is 0.895 bits per heavy atom. The van der Waals surface area contributed by atoms with E-state index in [9.17, 15) is 0 Å². The molecule has 0 saturated heterocycles. The maximum atomic E-state index is 6.03. The third-order valence-corrected chi connectivity index (χ3v) is 3.40. The highest BCUT2D eigenvalue weighted by molar-refractivity contribution is 5.49. The lowest BCUT2D eigenvalue weighted by atomic mass is 9.99. The lowest BCUT2D eigenvalue weighted by Gasteiger charge is -2.09. The Morgan fingerprint density at radius 3 is 2.26 bits per heavy atom. The van der Waals surface area contributed by atoms with Gasteiger partial charge in [-0.3, -0.25) is 0 Å². The van der Waals surface area contributed by atoms with E-state index in [1.807, 2.05) is 18.2 Å². The zero-order valence-electron chi connectivity index (χ0n) is 11.5. The van der Waals surface area contributed by atoms with Crippen molar-refractivity contribution in [3.8, 4) is 0 Å². The minimum atomic E-state index is 0.810. The van der Waals surface area contributed by atoms with Crippen molar-refractivity contribution >= 4 is 11.4 Å². The fourth-order valence-corrected chi connectivity index (χ4v) is 2.22. The van der Waals surface area contributed by atoms with Gasteiger partial charge >= 0.3 is 0 Å². The molecule has 2 aromatic rings. The van der Waals surface area contributed by atoms with Gasteiger partial charge in [0.2, 0.25) is 0 Å². The van der Waals surface area contributed by atoms with Crippen LogP contribution < -0.4 is 11.5 Å². The molecule has 0 saturated carbocycles. The summed E-state index contributed by atoms with van der Waals surface area (Å²) in [5.41, 5.74) is 17.3. The normalized spacial score (nSPS) is 10.6. The van der Waals surface area contributed by atoms with Gasteiger partial charge in [-0.25, -0.2) is 0 Å². The van der Waals surface area contributed by atoms with Crippen LogP contribution in [0.1, 0.15) is 36.5 Å². The summed E-state index contributed by atoms with van der Waals surface area (Å²) in [7, 11) is 0. The minimum absolute atomic E-state index is 0.810. The molecule has 2 aromatic carbocycles. The van der Waals surface area contributed by atoms with Crippen molar-refractivity contribution < 1.29 is 0 Å². The van der Waals surface area contributed by atoms with Gasteiger partial charge in [0, 0.05) is 11.4 Å². The average Bonchev–Trinajstić information content (AvgIpc) is 2.42. The van der Waals surface area contributed by atoms with Crippen LogP contribution in [-0.2, 0) is 12.8 Å². The predicted molar refractivity (Wildman–Crippen MR) is 83.1 cm³/mol. The third kappa shape index (κ3) is 3.75. The SMILES string of the molecule is CCCCc1cc(Cc2ccc(N)cc2)ccc1N. The third-order valence-electron chi connectivity index (χ3n) is 3.40. The highest BCUT2D eigenvalue weighted by Gasteiger charge is 2.02. The van der Waals surface area contributed by atoms with Gasteiger partial charge in [-0.15, -0.1) is 0 Å². The van der Waals surface area contributed by atoms with Gasteiger partial charge in [-0.2, -0.15) is 0 Å². The van der Waals surface area contributed by atoms with E-state index in [1.165, 1.54) is 29.5 Å². The first-order valence-electron chi connectivity index (χ1n) is 6.90. The summed E-state index contributed by atoms with van der Waals surface area (Å²) in [5, 5.41) is 0. The minimum Gasteiger partial charge on any atom is -0.399 e. The molecular weight excluding hydrogens is 232 g/mol. The monoisotopic (exact) mass is 254 g/mol. The van der Waals surface area contributed by atoms with E-state index in [4.69, 9.17) is 11.5 Å². The van der Waals surface area contributed by atoms with E-state index in [0.717, 1.165) is 24.2 Å². The van der Waals surface area contributed by atoms with Crippen LogP contribution in [0, 0.1) is 0 Å². The second-order valence-electron chi connectivity index (χ2n) is 5.06. The molecule has 0 unspecified atom stereocenters. The fraction of sp³-hybridized carbons (Fsp3) is 0.294. The van der Waals surface area contributed by atoms with E-state index in [2.05, 4.69) is 31.2 Å². The van der Waals surface area contributed by atoms with E-state index in [0.29, 0.717) is 0 Å². The molecule has 0 bridgehead atoms. The molecule has 0 spiro atoms. The predicted octanol–water partition coefficient (Wildman–Crippen LogP) is 3.78. The van der Waals surface area contributed by atoms with Crippen molar-refractivity contribution in [3.05, 3.63) is 59.2 Å². The molecule has 0 aromatic heterocycles. The van der Waals surface area contributed by atoms with Gasteiger partial charge in [0.25, 0.3) is 0 Å². The summed E-state index contributed by atoms with van der Waals surface area (Å²) in [6.07, 6.45) is 4.38. The molecule has 0 radical (unpaired) electrons. The summed E-state index contributed by atoms with van der Waals surface area (Å²) in [5.74, 6) is 0. The van der Waals surface area contributed by atoms with Crippen LogP contribution in [0.15, 0.2) is 42.5 Å². The standard InChI is InChI=1S/C17H22N2/c1-2-3-4-15-12-14(7-10-17(15)19)11-13-5-8-16(18)9-6-13/h5-10,12H,2-4,11,18-19H2,1H3. The molecule has 2 heteroatoms. The van der Waals surface area contributed by atoms with Crippen LogP contribution in [0.2, 0.25) is 0 Å². The van der Waals surface area contributed by atoms with Crippen LogP contribution in [0.3, 0.4) is 0 Å². The smallest absolute Gasteiger partial charge is 0.0346 e. The zero-order chi connectivity index (χ0) is 13.7. The molecule has 2 nitrogen and oxygen atoms in total. The Labute approximate surface area is 115 Å². The van der Waals surface area contributed by atoms with Crippen molar-refractivity contribution in [2.24, 2.45) is 0 Å². The number of unbranched alkanes of at least 4 members (excludes halogenated alkanes) is 1. The van der Waals surface area contributed by atoms with Gasteiger partial charge in [0.05, 0.1) is 0 Å². The zero-order valence-corrected chi connectivity index (χ0v) is 11.5. The number of rotatable bonds is 5. The van der Waals surface area contributed by atoms with Crippen LogP contribution in [0.5, 0.6) is 0 Å². The average molecular weight is 254 g/mol.